The monoisotopic (exact) mass is 294 g/mol. The van der Waals surface area contributed by atoms with Crippen LogP contribution < -0.4 is 9.21 Å². The Morgan fingerprint density at radius 1 is 1.15 bits per heavy atom. The summed E-state index contributed by atoms with van der Waals surface area (Å²) < 4.78 is 25.3. The Morgan fingerprint density at radius 2 is 1.80 bits per heavy atom. The predicted octanol–water partition coefficient (Wildman–Crippen LogP) is 1.60. The van der Waals surface area contributed by atoms with E-state index in [4.69, 9.17) is 0 Å². The van der Waals surface area contributed by atoms with Crippen LogP contribution in [0.5, 0.6) is 0 Å². The normalized spacial score (nSPS) is 19.4. The van der Waals surface area contributed by atoms with Crippen molar-refractivity contribution < 1.29 is 13.2 Å². The molecule has 20 heavy (non-hydrogen) atoms. The molecule has 2 aliphatic rings. The molecule has 108 valence electrons. The molecule has 1 aromatic carbocycles. The standard InChI is InChI=1S/C14H18N2O3S/c1-20(18,19)16-10-4-9-15(14(17)11-7-8-11)12-5-2-3-6-13(12)16/h2-3,5-6,11H,4,7-10H2,1H3. The van der Waals surface area contributed by atoms with Crippen molar-refractivity contribution in [1.29, 1.82) is 0 Å². The third-order valence-corrected chi connectivity index (χ3v) is 4.96. The summed E-state index contributed by atoms with van der Waals surface area (Å²) in [6, 6.07) is 7.26. The SMILES string of the molecule is CS(=O)(=O)N1CCCN(C(=O)C2CC2)c2ccccc21. The second-order valence-corrected chi connectivity index (χ2v) is 7.35. The second kappa shape index (κ2) is 4.77. The van der Waals surface area contributed by atoms with Crippen LogP contribution in [0, 0.1) is 5.92 Å². The number of fused-ring (bicyclic) bond motifs is 1. The number of sulfonamides is 1. The van der Waals surface area contributed by atoms with Gasteiger partial charge in [-0.1, -0.05) is 12.1 Å². The maximum Gasteiger partial charge on any atom is 0.232 e. The van der Waals surface area contributed by atoms with E-state index in [0.717, 1.165) is 12.8 Å². The largest absolute Gasteiger partial charge is 0.310 e. The molecule has 5 nitrogen and oxygen atoms in total. The minimum absolute atomic E-state index is 0.132. The number of carbonyl (C=O) groups excluding carboxylic acids is 1. The molecule has 0 radical (unpaired) electrons. The number of anilines is 2. The Morgan fingerprint density at radius 3 is 2.40 bits per heavy atom. The zero-order valence-electron chi connectivity index (χ0n) is 11.4. The summed E-state index contributed by atoms with van der Waals surface area (Å²) in [4.78, 5) is 14.2. The predicted molar refractivity (Wildman–Crippen MR) is 78.3 cm³/mol. The van der Waals surface area contributed by atoms with E-state index in [1.165, 1.54) is 10.6 Å². The molecule has 0 bridgehead atoms. The Kier molecular flexibility index (Phi) is 3.20. The lowest BCUT2D eigenvalue weighted by Gasteiger charge is -2.25. The van der Waals surface area contributed by atoms with E-state index in [0.29, 0.717) is 30.9 Å². The Hall–Kier alpha value is -1.56. The van der Waals surface area contributed by atoms with Crippen LogP contribution in [0.2, 0.25) is 0 Å². The molecule has 1 heterocycles. The van der Waals surface area contributed by atoms with Crippen molar-refractivity contribution in [2.24, 2.45) is 5.92 Å². The highest BCUT2D eigenvalue weighted by atomic mass is 32.2. The fraction of sp³-hybridized carbons (Fsp3) is 0.500. The minimum Gasteiger partial charge on any atom is -0.310 e. The molecule has 0 N–H and O–H groups in total. The molecule has 1 aliphatic carbocycles. The van der Waals surface area contributed by atoms with E-state index in [-0.39, 0.29) is 11.8 Å². The zero-order chi connectivity index (χ0) is 14.3. The van der Waals surface area contributed by atoms with Crippen LogP contribution in [-0.2, 0) is 14.8 Å². The first-order chi connectivity index (χ1) is 9.48. The van der Waals surface area contributed by atoms with Crippen LogP contribution in [0.1, 0.15) is 19.3 Å². The van der Waals surface area contributed by atoms with Gasteiger partial charge >= 0.3 is 0 Å². The van der Waals surface area contributed by atoms with Gasteiger partial charge in [-0.2, -0.15) is 0 Å². The summed E-state index contributed by atoms with van der Waals surface area (Å²) in [6.07, 6.45) is 3.77. The van der Waals surface area contributed by atoms with Crippen LogP contribution >= 0.6 is 0 Å². The van der Waals surface area contributed by atoms with Gasteiger partial charge in [-0.3, -0.25) is 9.10 Å². The highest BCUT2D eigenvalue weighted by molar-refractivity contribution is 7.92. The molecule has 1 saturated carbocycles. The van der Waals surface area contributed by atoms with Crippen molar-refractivity contribution in [3.63, 3.8) is 0 Å². The van der Waals surface area contributed by atoms with Crippen LogP contribution in [-0.4, -0.2) is 33.7 Å². The molecule has 3 rings (SSSR count). The lowest BCUT2D eigenvalue weighted by Crippen LogP contribution is -2.32. The van der Waals surface area contributed by atoms with Gasteiger partial charge in [0.1, 0.15) is 0 Å². The number of nitrogens with zero attached hydrogens (tertiary/aromatic N) is 2. The van der Waals surface area contributed by atoms with E-state index >= 15 is 0 Å². The molecule has 0 atom stereocenters. The van der Waals surface area contributed by atoms with E-state index in [2.05, 4.69) is 0 Å². The van der Waals surface area contributed by atoms with Crippen molar-refractivity contribution in [3.8, 4) is 0 Å². The molecule has 1 aliphatic heterocycles. The van der Waals surface area contributed by atoms with Gasteiger partial charge in [0.2, 0.25) is 15.9 Å². The van der Waals surface area contributed by atoms with Crippen molar-refractivity contribution in [2.75, 3.05) is 28.6 Å². The fourth-order valence-corrected chi connectivity index (χ4v) is 3.61. The fourth-order valence-electron chi connectivity index (χ4n) is 2.64. The molecule has 0 saturated heterocycles. The Labute approximate surface area is 119 Å². The summed E-state index contributed by atoms with van der Waals surface area (Å²) in [6.45, 7) is 1.00. The summed E-state index contributed by atoms with van der Waals surface area (Å²) in [5.41, 5.74) is 1.33. The van der Waals surface area contributed by atoms with Gasteiger partial charge in [0.05, 0.1) is 17.6 Å². The number of carbonyl (C=O) groups is 1. The van der Waals surface area contributed by atoms with Gasteiger partial charge in [0.25, 0.3) is 0 Å². The van der Waals surface area contributed by atoms with Crippen LogP contribution in [0.15, 0.2) is 24.3 Å². The number of hydrogen-bond donors (Lipinski definition) is 0. The Balaban J connectivity index is 2.06. The third kappa shape index (κ3) is 2.40. The second-order valence-electron chi connectivity index (χ2n) is 5.44. The molecule has 1 amide bonds. The molecule has 0 unspecified atom stereocenters. The third-order valence-electron chi connectivity index (χ3n) is 3.78. The van der Waals surface area contributed by atoms with Gasteiger partial charge in [0.15, 0.2) is 0 Å². The maximum atomic E-state index is 12.4. The number of amides is 1. The van der Waals surface area contributed by atoms with Gasteiger partial charge in [-0.05, 0) is 31.4 Å². The van der Waals surface area contributed by atoms with Gasteiger partial charge in [0, 0.05) is 19.0 Å². The highest BCUT2D eigenvalue weighted by Crippen LogP contribution is 2.38. The molecule has 1 aromatic rings. The van der Waals surface area contributed by atoms with Crippen molar-refractivity contribution >= 4 is 27.3 Å². The first kappa shape index (κ1) is 13.4. The summed E-state index contributed by atoms with van der Waals surface area (Å²) >= 11 is 0. The summed E-state index contributed by atoms with van der Waals surface area (Å²) in [5.74, 6) is 0.264. The van der Waals surface area contributed by atoms with Gasteiger partial charge in [-0.25, -0.2) is 8.42 Å². The summed E-state index contributed by atoms with van der Waals surface area (Å²) in [5, 5.41) is 0. The van der Waals surface area contributed by atoms with Gasteiger partial charge < -0.3 is 4.90 Å². The molecule has 0 aromatic heterocycles. The molecule has 0 spiro atoms. The van der Waals surface area contributed by atoms with E-state index < -0.39 is 10.0 Å². The first-order valence-electron chi connectivity index (χ1n) is 6.86. The van der Waals surface area contributed by atoms with Crippen molar-refractivity contribution in [2.45, 2.75) is 19.3 Å². The topological polar surface area (TPSA) is 57.7 Å². The number of rotatable bonds is 2. The van der Waals surface area contributed by atoms with Crippen LogP contribution in [0.4, 0.5) is 11.4 Å². The van der Waals surface area contributed by atoms with Crippen LogP contribution in [0.25, 0.3) is 0 Å². The van der Waals surface area contributed by atoms with Crippen LogP contribution in [0.3, 0.4) is 0 Å². The molecule has 6 heteroatoms. The number of benzene rings is 1. The Bertz CT molecular complexity index is 638. The van der Waals surface area contributed by atoms with E-state index in [1.807, 2.05) is 18.2 Å². The number of hydrogen-bond acceptors (Lipinski definition) is 3. The van der Waals surface area contributed by atoms with Crippen molar-refractivity contribution in [3.05, 3.63) is 24.3 Å². The highest BCUT2D eigenvalue weighted by Gasteiger charge is 2.36. The number of para-hydroxylation sites is 2. The van der Waals surface area contributed by atoms with E-state index in [1.54, 1.807) is 11.0 Å². The average Bonchev–Trinajstić information content (AvgIpc) is 3.22. The lowest BCUT2D eigenvalue weighted by atomic mass is 10.2. The quantitative estimate of drug-likeness (QED) is 0.832. The summed E-state index contributed by atoms with van der Waals surface area (Å²) in [7, 11) is -3.32. The molecule has 1 fully saturated rings. The van der Waals surface area contributed by atoms with E-state index in [9.17, 15) is 13.2 Å². The average molecular weight is 294 g/mol. The minimum atomic E-state index is -3.32. The first-order valence-corrected chi connectivity index (χ1v) is 8.71. The van der Waals surface area contributed by atoms with Gasteiger partial charge in [-0.15, -0.1) is 0 Å². The van der Waals surface area contributed by atoms with Crippen molar-refractivity contribution in [1.82, 2.24) is 0 Å². The molecular formula is C14H18N2O3S. The smallest absolute Gasteiger partial charge is 0.232 e. The maximum absolute atomic E-state index is 12.4. The molecular weight excluding hydrogens is 276 g/mol. The zero-order valence-corrected chi connectivity index (χ0v) is 12.3. The lowest BCUT2D eigenvalue weighted by molar-refractivity contribution is -0.119.